The molecule has 186 valence electrons. The van der Waals surface area contributed by atoms with E-state index in [1.54, 1.807) is 4.90 Å². The summed E-state index contributed by atoms with van der Waals surface area (Å²) in [7, 11) is 0. The highest BCUT2D eigenvalue weighted by Crippen LogP contribution is 2.52. The Morgan fingerprint density at radius 2 is 1.69 bits per heavy atom. The molecule has 5 rings (SSSR count). The SMILES string of the molecule is CC1(C)CN(c2ccc(C3CCC4(CCC(CC(=O)O)CC4)CC3)cc2)C(=O)c2c(N)ncnc21. The lowest BCUT2D eigenvalue weighted by molar-refractivity contribution is -0.138. The van der Waals surface area contributed by atoms with E-state index in [0.29, 0.717) is 35.8 Å². The van der Waals surface area contributed by atoms with E-state index in [1.165, 1.54) is 50.4 Å². The number of fused-ring (bicyclic) bond motifs is 1. The van der Waals surface area contributed by atoms with Crippen LogP contribution in [0.2, 0.25) is 0 Å². The first-order chi connectivity index (χ1) is 16.7. The van der Waals surface area contributed by atoms with Crippen molar-refractivity contribution in [1.29, 1.82) is 0 Å². The summed E-state index contributed by atoms with van der Waals surface area (Å²) in [6, 6.07) is 8.50. The number of carbonyl (C=O) groups excluding carboxylic acids is 1. The summed E-state index contributed by atoms with van der Waals surface area (Å²) in [5.41, 5.74) is 9.54. The number of anilines is 2. The van der Waals surface area contributed by atoms with Gasteiger partial charge in [0.05, 0.1) is 5.69 Å². The van der Waals surface area contributed by atoms with Crippen LogP contribution in [0.4, 0.5) is 11.5 Å². The van der Waals surface area contributed by atoms with Gasteiger partial charge in [-0.15, -0.1) is 0 Å². The Bertz CT molecular complexity index is 1110. The molecule has 0 bridgehead atoms. The predicted octanol–water partition coefficient (Wildman–Crippen LogP) is 5.31. The summed E-state index contributed by atoms with van der Waals surface area (Å²) in [6.45, 7) is 4.71. The maximum atomic E-state index is 13.3. The second-order valence-electron chi connectivity index (χ2n) is 11.7. The van der Waals surface area contributed by atoms with E-state index in [4.69, 9.17) is 10.8 Å². The van der Waals surface area contributed by atoms with E-state index in [9.17, 15) is 9.59 Å². The normalized spacial score (nSPS) is 28.1. The van der Waals surface area contributed by atoms with Crippen molar-refractivity contribution >= 4 is 23.4 Å². The number of rotatable bonds is 4. The number of aromatic nitrogens is 2. The fourth-order valence-electron chi connectivity index (χ4n) is 6.74. The van der Waals surface area contributed by atoms with Gasteiger partial charge < -0.3 is 15.7 Å². The molecular weight excluding hydrogens is 440 g/mol. The first-order valence-electron chi connectivity index (χ1n) is 12.9. The number of benzene rings is 1. The van der Waals surface area contributed by atoms with E-state index in [2.05, 4.69) is 48.1 Å². The number of amides is 1. The molecule has 0 radical (unpaired) electrons. The smallest absolute Gasteiger partial charge is 0.303 e. The molecular formula is C28H36N4O3. The van der Waals surface area contributed by atoms with Gasteiger partial charge in [-0.1, -0.05) is 26.0 Å². The van der Waals surface area contributed by atoms with Crippen molar-refractivity contribution in [2.45, 2.75) is 83.0 Å². The monoisotopic (exact) mass is 476 g/mol. The number of carboxylic acid groups (broad SMARTS) is 1. The van der Waals surface area contributed by atoms with Crippen molar-refractivity contribution in [1.82, 2.24) is 9.97 Å². The van der Waals surface area contributed by atoms with Crippen LogP contribution in [0.15, 0.2) is 30.6 Å². The van der Waals surface area contributed by atoms with Crippen LogP contribution in [0.5, 0.6) is 0 Å². The molecule has 2 aliphatic carbocycles. The molecule has 2 heterocycles. The first kappa shape index (κ1) is 23.8. The van der Waals surface area contributed by atoms with E-state index >= 15 is 0 Å². The number of aliphatic carboxylic acids is 1. The lowest BCUT2D eigenvalue weighted by Gasteiger charge is -2.45. The second kappa shape index (κ2) is 8.92. The van der Waals surface area contributed by atoms with Crippen LogP contribution in [-0.2, 0) is 10.2 Å². The Morgan fingerprint density at radius 3 is 2.31 bits per heavy atom. The van der Waals surface area contributed by atoms with Gasteiger partial charge in [-0.3, -0.25) is 9.59 Å². The van der Waals surface area contributed by atoms with Gasteiger partial charge in [0.15, 0.2) is 0 Å². The fourth-order valence-corrected chi connectivity index (χ4v) is 6.74. The van der Waals surface area contributed by atoms with Gasteiger partial charge in [-0.2, -0.15) is 0 Å². The van der Waals surface area contributed by atoms with Crippen molar-refractivity contribution < 1.29 is 14.7 Å². The molecule has 1 aromatic heterocycles. The Morgan fingerprint density at radius 1 is 1.06 bits per heavy atom. The zero-order chi connectivity index (χ0) is 24.8. The van der Waals surface area contributed by atoms with Gasteiger partial charge in [-0.25, -0.2) is 9.97 Å². The third kappa shape index (κ3) is 4.53. The summed E-state index contributed by atoms with van der Waals surface area (Å²) in [4.78, 5) is 34.6. The van der Waals surface area contributed by atoms with Crippen molar-refractivity contribution in [3.63, 3.8) is 0 Å². The lowest BCUT2D eigenvalue weighted by Crippen LogP contribution is -2.48. The molecule has 2 aromatic rings. The molecule has 35 heavy (non-hydrogen) atoms. The van der Waals surface area contributed by atoms with E-state index in [1.807, 2.05) is 0 Å². The molecule has 7 nitrogen and oxygen atoms in total. The van der Waals surface area contributed by atoms with Crippen molar-refractivity contribution in [3.05, 3.63) is 47.4 Å². The number of nitrogens with zero attached hydrogens (tertiary/aromatic N) is 3. The van der Waals surface area contributed by atoms with Crippen LogP contribution in [0, 0.1) is 11.3 Å². The summed E-state index contributed by atoms with van der Waals surface area (Å²) >= 11 is 0. The number of nitrogen functional groups attached to an aromatic ring is 1. The van der Waals surface area contributed by atoms with Crippen molar-refractivity contribution in [2.75, 3.05) is 17.2 Å². The summed E-state index contributed by atoms with van der Waals surface area (Å²) in [5, 5.41) is 9.09. The van der Waals surface area contributed by atoms with Crippen LogP contribution < -0.4 is 10.6 Å². The second-order valence-corrected chi connectivity index (χ2v) is 11.7. The summed E-state index contributed by atoms with van der Waals surface area (Å²) < 4.78 is 0. The largest absolute Gasteiger partial charge is 0.481 e. The minimum absolute atomic E-state index is 0.136. The maximum Gasteiger partial charge on any atom is 0.303 e. The molecule has 2 saturated carbocycles. The molecule has 0 atom stereocenters. The Labute approximate surface area is 207 Å². The van der Waals surface area contributed by atoms with E-state index in [-0.39, 0.29) is 17.1 Å². The number of carbonyl (C=O) groups is 2. The average molecular weight is 477 g/mol. The molecule has 3 N–H and O–H groups in total. The molecule has 1 aliphatic heterocycles. The van der Waals surface area contributed by atoms with Crippen molar-refractivity contribution in [3.8, 4) is 0 Å². The summed E-state index contributed by atoms with van der Waals surface area (Å²) in [5.74, 6) is 0.351. The highest BCUT2D eigenvalue weighted by atomic mass is 16.4. The number of hydrogen-bond donors (Lipinski definition) is 2. The van der Waals surface area contributed by atoms with Gasteiger partial charge in [0.25, 0.3) is 5.91 Å². The van der Waals surface area contributed by atoms with Crippen LogP contribution in [0.1, 0.15) is 99.2 Å². The third-order valence-corrected chi connectivity index (χ3v) is 8.88. The molecule has 1 spiro atoms. The molecule has 1 amide bonds. The third-order valence-electron chi connectivity index (χ3n) is 8.88. The number of nitrogens with two attached hydrogens (primary N) is 1. The molecule has 7 heteroatoms. The van der Waals surface area contributed by atoms with Gasteiger partial charge in [0.1, 0.15) is 17.7 Å². The van der Waals surface area contributed by atoms with Crippen LogP contribution >= 0.6 is 0 Å². The van der Waals surface area contributed by atoms with Crippen LogP contribution in [-0.4, -0.2) is 33.5 Å². The Hall–Kier alpha value is -2.96. The molecule has 1 aromatic carbocycles. The first-order valence-corrected chi connectivity index (χ1v) is 12.9. The molecule has 3 aliphatic rings. The van der Waals surface area contributed by atoms with E-state index < -0.39 is 5.97 Å². The highest BCUT2D eigenvalue weighted by molar-refractivity contribution is 6.11. The Kier molecular flexibility index (Phi) is 6.06. The van der Waals surface area contributed by atoms with Gasteiger partial charge >= 0.3 is 5.97 Å². The zero-order valence-electron chi connectivity index (χ0n) is 20.8. The molecule has 0 saturated heterocycles. The van der Waals surface area contributed by atoms with Crippen LogP contribution in [0.3, 0.4) is 0 Å². The Balaban J connectivity index is 1.25. The lowest BCUT2D eigenvalue weighted by atomic mass is 9.60. The predicted molar refractivity (Wildman–Crippen MR) is 135 cm³/mol. The van der Waals surface area contributed by atoms with Crippen molar-refractivity contribution in [2.24, 2.45) is 11.3 Å². The standard InChI is InChI=1S/C28H36N4O3/c1-27(2)16-32(26(35)23-24(27)30-17-31-25(23)29)21-5-3-19(4-6-21)20-9-13-28(14-10-20)11-7-18(8-12-28)15-22(33)34/h3-6,17-18,20H,7-16H2,1-2H3,(H,33,34)(H2,29,30,31). The van der Waals surface area contributed by atoms with Gasteiger partial charge in [0, 0.05) is 24.1 Å². The molecule has 0 unspecified atom stereocenters. The number of carboxylic acids is 1. The molecule has 2 fully saturated rings. The van der Waals surface area contributed by atoms with Gasteiger partial charge in [0.2, 0.25) is 0 Å². The fraction of sp³-hybridized carbons (Fsp3) is 0.571. The maximum absolute atomic E-state index is 13.3. The zero-order valence-corrected chi connectivity index (χ0v) is 20.8. The van der Waals surface area contributed by atoms with E-state index in [0.717, 1.165) is 24.2 Å². The topological polar surface area (TPSA) is 109 Å². The minimum Gasteiger partial charge on any atom is -0.481 e. The summed E-state index contributed by atoms with van der Waals surface area (Å²) in [6.07, 6.45) is 11.1. The van der Waals surface area contributed by atoms with Crippen LogP contribution in [0.25, 0.3) is 0 Å². The quantitative estimate of drug-likeness (QED) is 0.619. The number of hydrogen-bond acceptors (Lipinski definition) is 5. The highest BCUT2D eigenvalue weighted by Gasteiger charge is 2.41. The average Bonchev–Trinajstić information content (AvgIpc) is 2.83. The van der Waals surface area contributed by atoms with Gasteiger partial charge in [-0.05, 0) is 86.3 Å². The minimum atomic E-state index is -0.658.